The highest BCUT2D eigenvalue weighted by Crippen LogP contribution is 2.40. The summed E-state index contributed by atoms with van der Waals surface area (Å²) in [5, 5.41) is 0. The predicted molar refractivity (Wildman–Crippen MR) is 81.2 cm³/mol. The van der Waals surface area contributed by atoms with E-state index < -0.39 is 0 Å². The summed E-state index contributed by atoms with van der Waals surface area (Å²) in [6.45, 7) is 3.36. The molecule has 1 saturated heterocycles. The number of rotatable bonds is 3. The molecule has 0 spiro atoms. The van der Waals surface area contributed by atoms with Crippen molar-refractivity contribution in [3.8, 4) is 0 Å². The lowest BCUT2D eigenvalue weighted by Gasteiger charge is -2.38. The second kappa shape index (κ2) is 5.17. The fourth-order valence-corrected chi connectivity index (χ4v) is 3.23. The Hall–Kier alpha value is -1.84. The van der Waals surface area contributed by atoms with Crippen molar-refractivity contribution in [1.82, 2.24) is 9.97 Å². The topological polar surface area (TPSA) is 42.2 Å². The zero-order chi connectivity index (χ0) is 14.2. The molecule has 110 valence electrons. The molecule has 2 atom stereocenters. The summed E-state index contributed by atoms with van der Waals surface area (Å²) in [5.41, 5.74) is 0. The molecule has 2 unspecified atom stereocenters. The summed E-state index contributed by atoms with van der Waals surface area (Å²) in [7, 11) is 0. The zero-order valence-electron chi connectivity index (χ0n) is 12.4. The van der Waals surface area contributed by atoms with Gasteiger partial charge in [0.15, 0.2) is 0 Å². The lowest BCUT2D eigenvalue weighted by atomic mass is 9.91. The van der Waals surface area contributed by atoms with Crippen molar-refractivity contribution in [2.45, 2.75) is 44.6 Å². The van der Waals surface area contributed by atoms with Gasteiger partial charge in [-0.1, -0.05) is 6.92 Å². The van der Waals surface area contributed by atoms with Crippen LogP contribution in [0, 0.1) is 5.92 Å². The van der Waals surface area contributed by atoms with Crippen molar-refractivity contribution < 1.29 is 4.42 Å². The molecule has 0 N–H and O–H groups in total. The van der Waals surface area contributed by atoms with E-state index in [1.807, 2.05) is 18.3 Å². The van der Waals surface area contributed by atoms with E-state index in [1.54, 1.807) is 6.26 Å². The SMILES string of the molecule is CC1CCN(c2ccnc(C3CC3)n2)C(c2ccco2)C1. The molecule has 2 aliphatic rings. The zero-order valence-corrected chi connectivity index (χ0v) is 12.4. The number of anilines is 1. The van der Waals surface area contributed by atoms with Crippen LogP contribution in [0.1, 0.15) is 56.2 Å². The van der Waals surface area contributed by atoms with Crippen molar-refractivity contribution in [3.63, 3.8) is 0 Å². The summed E-state index contributed by atoms with van der Waals surface area (Å²) >= 11 is 0. The molecule has 3 heterocycles. The molecule has 4 nitrogen and oxygen atoms in total. The molecule has 4 rings (SSSR count). The van der Waals surface area contributed by atoms with Crippen LogP contribution in [0.3, 0.4) is 0 Å². The minimum atomic E-state index is 0.297. The number of nitrogens with zero attached hydrogens (tertiary/aromatic N) is 3. The smallest absolute Gasteiger partial charge is 0.133 e. The van der Waals surface area contributed by atoms with Crippen LogP contribution in [0.4, 0.5) is 5.82 Å². The van der Waals surface area contributed by atoms with Crippen LogP contribution < -0.4 is 4.90 Å². The van der Waals surface area contributed by atoms with Crippen LogP contribution in [0.2, 0.25) is 0 Å². The van der Waals surface area contributed by atoms with E-state index in [9.17, 15) is 0 Å². The van der Waals surface area contributed by atoms with Crippen molar-refractivity contribution in [1.29, 1.82) is 0 Å². The number of furan rings is 1. The minimum absolute atomic E-state index is 0.297. The normalized spacial score (nSPS) is 26.0. The van der Waals surface area contributed by atoms with Gasteiger partial charge in [0, 0.05) is 18.7 Å². The fraction of sp³-hybridized carbons (Fsp3) is 0.529. The van der Waals surface area contributed by atoms with Gasteiger partial charge in [-0.05, 0) is 49.8 Å². The van der Waals surface area contributed by atoms with E-state index in [0.29, 0.717) is 12.0 Å². The highest BCUT2D eigenvalue weighted by molar-refractivity contribution is 5.41. The molecule has 2 aromatic heterocycles. The van der Waals surface area contributed by atoms with Crippen molar-refractivity contribution in [2.75, 3.05) is 11.4 Å². The molecule has 0 bridgehead atoms. The first kappa shape index (κ1) is 12.9. The van der Waals surface area contributed by atoms with Crippen LogP contribution in [-0.4, -0.2) is 16.5 Å². The van der Waals surface area contributed by atoms with E-state index in [-0.39, 0.29) is 0 Å². The number of hydrogen-bond donors (Lipinski definition) is 0. The van der Waals surface area contributed by atoms with E-state index in [2.05, 4.69) is 22.9 Å². The monoisotopic (exact) mass is 283 g/mol. The molecule has 1 saturated carbocycles. The van der Waals surface area contributed by atoms with E-state index in [0.717, 1.165) is 36.3 Å². The third-order valence-electron chi connectivity index (χ3n) is 4.63. The minimum Gasteiger partial charge on any atom is -0.467 e. The van der Waals surface area contributed by atoms with E-state index in [1.165, 1.54) is 19.3 Å². The summed E-state index contributed by atoms with van der Waals surface area (Å²) in [6.07, 6.45) is 8.48. The van der Waals surface area contributed by atoms with Crippen LogP contribution in [0.15, 0.2) is 35.1 Å². The standard InChI is InChI=1S/C17H21N3O/c1-12-7-9-20(14(11-12)15-3-2-10-21-15)16-6-8-18-17(19-16)13-4-5-13/h2-3,6,8,10,12-14H,4-5,7,9,11H2,1H3. The van der Waals surface area contributed by atoms with Gasteiger partial charge in [-0.2, -0.15) is 0 Å². The Labute approximate surface area is 125 Å². The number of piperidine rings is 1. The molecule has 4 heteroatoms. The Bertz CT molecular complexity index is 606. The van der Waals surface area contributed by atoms with Gasteiger partial charge in [0.2, 0.25) is 0 Å². The third-order valence-corrected chi connectivity index (χ3v) is 4.63. The average Bonchev–Trinajstić information content (AvgIpc) is 3.22. The van der Waals surface area contributed by atoms with Gasteiger partial charge in [-0.15, -0.1) is 0 Å². The van der Waals surface area contributed by atoms with Crippen molar-refractivity contribution in [3.05, 3.63) is 42.2 Å². The second-order valence-corrected chi connectivity index (χ2v) is 6.40. The van der Waals surface area contributed by atoms with Gasteiger partial charge in [0.1, 0.15) is 17.4 Å². The van der Waals surface area contributed by atoms with Gasteiger partial charge in [-0.3, -0.25) is 0 Å². The maximum atomic E-state index is 5.68. The highest BCUT2D eigenvalue weighted by atomic mass is 16.3. The van der Waals surface area contributed by atoms with Crippen LogP contribution in [-0.2, 0) is 0 Å². The second-order valence-electron chi connectivity index (χ2n) is 6.40. The molecule has 1 aliphatic heterocycles. The number of aromatic nitrogens is 2. The Morgan fingerprint density at radius 3 is 2.90 bits per heavy atom. The molecular weight excluding hydrogens is 262 g/mol. The maximum absolute atomic E-state index is 5.68. The predicted octanol–water partition coefficient (Wildman–Crippen LogP) is 3.92. The van der Waals surface area contributed by atoms with Gasteiger partial charge in [-0.25, -0.2) is 9.97 Å². The molecule has 21 heavy (non-hydrogen) atoms. The molecule has 2 fully saturated rings. The Balaban J connectivity index is 1.66. The molecule has 0 amide bonds. The summed E-state index contributed by atoms with van der Waals surface area (Å²) in [5.74, 6) is 4.44. The Morgan fingerprint density at radius 2 is 2.14 bits per heavy atom. The molecule has 1 aliphatic carbocycles. The molecule has 2 aromatic rings. The lowest BCUT2D eigenvalue weighted by Crippen LogP contribution is -2.36. The maximum Gasteiger partial charge on any atom is 0.133 e. The third kappa shape index (κ3) is 2.55. The molecule has 0 aromatic carbocycles. The van der Waals surface area contributed by atoms with E-state index in [4.69, 9.17) is 9.40 Å². The quantitative estimate of drug-likeness (QED) is 0.856. The van der Waals surface area contributed by atoms with Gasteiger partial charge < -0.3 is 9.32 Å². The first-order valence-corrected chi connectivity index (χ1v) is 7.94. The lowest BCUT2D eigenvalue weighted by molar-refractivity contribution is 0.327. The fourth-order valence-electron chi connectivity index (χ4n) is 3.23. The summed E-state index contributed by atoms with van der Waals surface area (Å²) in [4.78, 5) is 11.6. The van der Waals surface area contributed by atoms with Crippen LogP contribution in [0.25, 0.3) is 0 Å². The largest absolute Gasteiger partial charge is 0.467 e. The van der Waals surface area contributed by atoms with Crippen LogP contribution in [0.5, 0.6) is 0 Å². The molecular formula is C17H21N3O. The molecule has 0 radical (unpaired) electrons. The highest BCUT2D eigenvalue weighted by Gasteiger charge is 2.32. The average molecular weight is 283 g/mol. The summed E-state index contributed by atoms with van der Waals surface area (Å²) < 4.78 is 5.68. The first-order chi connectivity index (χ1) is 10.3. The van der Waals surface area contributed by atoms with E-state index >= 15 is 0 Å². The van der Waals surface area contributed by atoms with Crippen LogP contribution >= 0.6 is 0 Å². The first-order valence-electron chi connectivity index (χ1n) is 7.94. The van der Waals surface area contributed by atoms with Gasteiger partial charge in [0.25, 0.3) is 0 Å². The Morgan fingerprint density at radius 1 is 1.24 bits per heavy atom. The summed E-state index contributed by atoms with van der Waals surface area (Å²) in [6, 6.07) is 6.39. The van der Waals surface area contributed by atoms with Crippen molar-refractivity contribution in [2.24, 2.45) is 5.92 Å². The van der Waals surface area contributed by atoms with Gasteiger partial charge >= 0.3 is 0 Å². The van der Waals surface area contributed by atoms with Gasteiger partial charge in [0.05, 0.1) is 12.3 Å². The van der Waals surface area contributed by atoms with Crippen molar-refractivity contribution >= 4 is 5.82 Å². The Kier molecular flexibility index (Phi) is 3.17. The number of hydrogen-bond acceptors (Lipinski definition) is 4.